The predicted octanol–water partition coefficient (Wildman–Crippen LogP) is 3.40. The molecule has 23 heavy (non-hydrogen) atoms. The van der Waals surface area contributed by atoms with Gasteiger partial charge in [0, 0.05) is 5.56 Å². The summed E-state index contributed by atoms with van der Waals surface area (Å²) in [4.78, 5) is 12.0. The zero-order chi connectivity index (χ0) is 17.0. The van der Waals surface area contributed by atoms with Crippen molar-refractivity contribution in [2.75, 3.05) is 0 Å². The van der Waals surface area contributed by atoms with Gasteiger partial charge in [-0.3, -0.25) is 4.79 Å². The van der Waals surface area contributed by atoms with E-state index in [1.807, 2.05) is 0 Å². The Morgan fingerprint density at radius 2 is 2.04 bits per heavy atom. The molecule has 0 saturated carbocycles. The molecule has 1 amide bonds. The molecule has 0 spiro atoms. The number of aryl methyl sites for hydroxylation is 2. The maximum Gasteiger partial charge on any atom is 0.262 e. The SMILES string of the molecule is Cc1ccc(CNC(=O)C(C#N)=Cc2c(F)ccc(C)c2F)o1. The maximum atomic E-state index is 13.9. The molecule has 0 aliphatic carbocycles. The Hall–Kier alpha value is -2.94. The molecule has 0 fully saturated rings. The number of hydrogen-bond acceptors (Lipinski definition) is 3. The number of nitrogens with zero attached hydrogens (tertiary/aromatic N) is 1. The first-order chi connectivity index (χ1) is 10.9. The van der Waals surface area contributed by atoms with Gasteiger partial charge in [0.2, 0.25) is 0 Å². The van der Waals surface area contributed by atoms with E-state index in [9.17, 15) is 13.6 Å². The summed E-state index contributed by atoms with van der Waals surface area (Å²) >= 11 is 0. The van der Waals surface area contributed by atoms with E-state index < -0.39 is 28.7 Å². The first-order valence-electron chi connectivity index (χ1n) is 6.82. The Morgan fingerprint density at radius 3 is 2.65 bits per heavy atom. The fraction of sp³-hybridized carbons (Fsp3) is 0.176. The van der Waals surface area contributed by atoms with Gasteiger partial charge in [0.05, 0.1) is 6.54 Å². The molecule has 2 aromatic rings. The van der Waals surface area contributed by atoms with Gasteiger partial charge < -0.3 is 9.73 Å². The Bertz CT molecular complexity index is 816. The molecule has 0 aliphatic heterocycles. The minimum Gasteiger partial charge on any atom is -0.465 e. The Labute approximate surface area is 132 Å². The second-order valence-corrected chi connectivity index (χ2v) is 4.96. The van der Waals surface area contributed by atoms with Crippen LogP contribution in [-0.4, -0.2) is 5.91 Å². The predicted molar refractivity (Wildman–Crippen MR) is 80.0 cm³/mol. The smallest absolute Gasteiger partial charge is 0.262 e. The number of halogens is 2. The van der Waals surface area contributed by atoms with Crippen molar-refractivity contribution in [3.05, 3.63) is 64.1 Å². The normalized spacial score (nSPS) is 11.2. The van der Waals surface area contributed by atoms with Gasteiger partial charge in [0.15, 0.2) is 0 Å². The Morgan fingerprint density at radius 1 is 1.30 bits per heavy atom. The van der Waals surface area contributed by atoms with E-state index in [0.717, 1.165) is 12.1 Å². The lowest BCUT2D eigenvalue weighted by molar-refractivity contribution is -0.117. The zero-order valence-electron chi connectivity index (χ0n) is 12.6. The van der Waals surface area contributed by atoms with E-state index in [-0.39, 0.29) is 12.1 Å². The number of benzene rings is 1. The molecular weight excluding hydrogens is 302 g/mol. The third kappa shape index (κ3) is 3.83. The van der Waals surface area contributed by atoms with Gasteiger partial charge in [-0.1, -0.05) is 6.07 Å². The van der Waals surface area contributed by atoms with Crippen molar-refractivity contribution in [3.63, 3.8) is 0 Å². The largest absolute Gasteiger partial charge is 0.465 e. The topological polar surface area (TPSA) is 66.0 Å². The number of rotatable bonds is 4. The molecule has 4 nitrogen and oxygen atoms in total. The Balaban J connectivity index is 2.20. The molecular formula is C17H14F2N2O2. The van der Waals surface area contributed by atoms with Gasteiger partial charge >= 0.3 is 0 Å². The summed E-state index contributed by atoms with van der Waals surface area (Å²) in [7, 11) is 0. The number of nitrogens with one attached hydrogen (secondary N) is 1. The van der Waals surface area contributed by atoms with Gasteiger partial charge in [0.1, 0.15) is 34.8 Å². The second kappa shape index (κ2) is 6.88. The molecule has 1 N–H and O–H groups in total. The highest BCUT2D eigenvalue weighted by Crippen LogP contribution is 2.19. The summed E-state index contributed by atoms with van der Waals surface area (Å²) in [5, 5.41) is 11.5. The van der Waals surface area contributed by atoms with Crippen LogP contribution in [0.5, 0.6) is 0 Å². The standard InChI is InChI=1S/C17H14F2N2O2/c1-10-3-6-15(18)14(16(10)19)7-12(8-20)17(22)21-9-13-5-4-11(2)23-13/h3-7H,9H2,1-2H3,(H,21,22). The third-order valence-corrected chi connectivity index (χ3v) is 3.19. The maximum absolute atomic E-state index is 13.9. The highest BCUT2D eigenvalue weighted by Gasteiger charge is 2.15. The summed E-state index contributed by atoms with van der Waals surface area (Å²) in [5.74, 6) is -1.17. The minimum atomic E-state index is -0.838. The van der Waals surface area contributed by atoms with Gasteiger partial charge in [-0.05, 0) is 43.7 Å². The molecule has 2 rings (SSSR count). The summed E-state index contributed by atoms with van der Waals surface area (Å²) in [6, 6.07) is 7.44. The van der Waals surface area contributed by atoms with E-state index >= 15 is 0 Å². The lowest BCUT2D eigenvalue weighted by Gasteiger charge is -2.05. The highest BCUT2D eigenvalue weighted by atomic mass is 19.1. The van der Waals surface area contributed by atoms with Crippen LogP contribution in [0.25, 0.3) is 6.08 Å². The molecule has 1 aromatic carbocycles. The molecule has 0 atom stereocenters. The van der Waals surface area contributed by atoms with Crippen LogP contribution in [0, 0.1) is 36.8 Å². The summed E-state index contributed by atoms with van der Waals surface area (Å²) < 4.78 is 32.9. The molecule has 0 unspecified atom stereocenters. The van der Waals surface area contributed by atoms with Crippen LogP contribution in [0.15, 0.2) is 34.3 Å². The summed E-state index contributed by atoms with van der Waals surface area (Å²) in [6.45, 7) is 3.30. The van der Waals surface area contributed by atoms with Crippen LogP contribution in [0.3, 0.4) is 0 Å². The second-order valence-electron chi connectivity index (χ2n) is 4.96. The van der Waals surface area contributed by atoms with Crippen molar-refractivity contribution >= 4 is 12.0 Å². The van der Waals surface area contributed by atoms with Gasteiger partial charge in [-0.25, -0.2) is 8.78 Å². The third-order valence-electron chi connectivity index (χ3n) is 3.19. The highest BCUT2D eigenvalue weighted by molar-refractivity contribution is 6.01. The molecule has 0 bridgehead atoms. The van der Waals surface area contributed by atoms with Gasteiger partial charge in [-0.15, -0.1) is 0 Å². The number of carbonyl (C=O) groups is 1. The summed E-state index contributed by atoms with van der Waals surface area (Å²) in [5.41, 5.74) is -0.580. The molecule has 1 aromatic heterocycles. The first-order valence-corrected chi connectivity index (χ1v) is 6.82. The summed E-state index contributed by atoms with van der Waals surface area (Å²) in [6.07, 6.45) is 0.903. The van der Waals surface area contributed by atoms with Crippen molar-refractivity contribution in [2.45, 2.75) is 20.4 Å². The minimum absolute atomic E-state index is 0.0739. The van der Waals surface area contributed by atoms with Crippen molar-refractivity contribution in [1.82, 2.24) is 5.32 Å². The lowest BCUT2D eigenvalue weighted by Crippen LogP contribution is -2.23. The van der Waals surface area contributed by atoms with Crippen LogP contribution in [-0.2, 0) is 11.3 Å². The molecule has 0 radical (unpaired) electrons. The fourth-order valence-corrected chi connectivity index (χ4v) is 1.95. The lowest BCUT2D eigenvalue weighted by atomic mass is 10.1. The van der Waals surface area contributed by atoms with E-state index in [4.69, 9.17) is 9.68 Å². The van der Waals surface area contributed by atoms with Crippen LogP contribution < -0.4 is 5.32 Å². The van der Waals surface area contributed by atoms with E-state index in [2.05, 4.69) is 5.32 Å². The van der Waals surface area contributed by atoms with E-state index in [1.54, 1.807) is 25.1 Å². The zero-order valence-corrected chi connectivity index (χ0v) is 12.6. The Kier molecular flexibility index (Phi) is 4.91. The molecule has 0 saturated heterocycles. The van der Waals surface area contributed by atoms with Crippen LogP contribution in [0.4, 0.5) is 8.78 Å². The van der Waals surface area contributed by atoms with E-state index in [0.29, 0.717) is 11.5 Å². The number of carbonyl (C=O) groups excluding carboxylic acids is 1. The molecule has 6 heteroatoms. The number of hydrogen-bond donors (Lipinski definition) is 1. The van der Waals surface area contributed by atoms with Crippen LogP contribution in [0.1, 0.15) is 22.6 Å². The average molecular weight is 316 g/mol. The monoisotopic (exact) mass is 316 g/mol. The number of furan rings is 1. The number of amides is 1. The van der Waals surface area contributed by atoms with Crippen LogP contribution >= 0.6 is 0 Å². The van der Waals surface area contributed by atoms with Gasteiger partial charge in [-0.2, -0.15) is 5.26 Å². The van der Waals surface area contributed by atoms with Crippen molar-refractivity contribution in [3.8, 4) is 6.07 Å². The molecule has 0 aliphatic rings. The van der Waals surface area contributed by atoms with Crippen molar-refractivity contribution in [2.24, 2.45) is 0 Å². The first kappa shape index (κ1) is 16.4. The fourth-order valence-electron chi connectivity index (χ4n) is 1.95. The molecule has 1 heterocycles. The van der Waals surface area contributed by atoms with Crippen molar-refractivity contribution < 1.29 is 18.0 Å². The number of nitriles is 1. The van der Waals surface area contributed by atoms with Crippen LogP contribution in [0.2, 0.25) is 0 Å². The van der Waals surface area contributed by atoms with Gasteiger partial charge in [0.25, 0.3) is 5.91 Å². The quantitative estimate of drug-likeness (QED) is 0.694. The van der Waals surface area contributed by atoms with Crippen molar-refractivity contribution in [1.29, 1.82) is 5.26 Å². The van der Waals surface area contributed by atoms with E-state index in [1.165, 1.54) is 13.0 Å². The molecule has 118 valence electrons. The average Bonchev–Trinajstić information content (AvgIpc) is 2.94.